The molecule has 0 radical (unpaired) electrons. The standard InChI is InChI=1S/C19H28N4O2/c20-17-6-2-1-5-16(17)7-8-18(24)23-13-11-21(12-14-23)15-19(25)22-9-3-4-10-22/h1-2,5-6H,3-4,7-15,20H2. The Morgan fingerprint density at radius 2 is 1.52 bits per heavy atom. The second-order valence-corrected chi connectivity index (χ2v) is 6.94. The molecule has 1 aromatic carbocycles. The lowest BCUT2D eigenvalue weighted by Gasteiger charge is -2.35. The first-order valence-corrected chi connectivity index (χ1v) is 9.25. The predicted molar refractivity (Wildman–Crippen MR) is 98.0 cm³/mol. The highest BCUT2D eigenvalue weighted by Crippen LogP contribution is 2.14. The third-order valence-corrected chi connectivity index (χ3v) is 5.21. The summed E-state index contributed by atoms with van der Waals surface area (Å²) >= 11 is 0. The smallest absolute Gasteiger partial charge is 0.236 e. The molecule has 25 heavy (non-hydrogen) atoms. The van der Waals surface area contributed by atoms with Crippen molar-refractivity contribution < 1.29 is 9.59 Å². The van der Waals surface area contributed by atoms with E-state index < -0.39 is 0 Å². The number of carbonyl (C=O) groups excluding carboxylic acids is 2. The van der Waals surface area contributed by atoms with Crippen LogP contribution in [0, 0.1) is 0 Å². The van der Waals surface area contributed by atoms with Crippen LogP contribution in [-0.4, -0.2) is 72.3 Å². The summed E-state index contributed by atoms with van der Waals surface area (Å²) in [5, 5.41) is 0. The number of nitrogen functional groups attached to an aromatic ring is 1. The van der Waals surface area contributed by atoms with Crippen molar-refractivity contribution in [2.24, 2.45) is 0 Å². The monoisotopic (exact) mass is 344 g/mol. The average molecular weight is 344 g/mol. The molecular formula is C19H28N4O2. The van der Waals surface area contributed by atoms with Gasteiger partial charge in [0.1, 0.15) is 0 Å². The van der Waals surface area contributed by atoms with Crippen LogP contribution in [0.25, 0.3) is 0 Å². The second kappa shape index (κ2) is 8.34. The van der Waals surface area contributed by atoms with Crippen molar-refractivity contribution in [2.45, 2.75) is 25.7 Å². The van der Waals surface area contributed by atoms with Crippen molar-refractivity contribution in [2.75, 3.05) is 51.5 Å². The number of amides is 2. The summed E-state index contributed by atoms with van der Waals surface area (Å²) in [7, 11) is 0. The number of likely N-dealkylation sites (tertiary alicyclic amines) is 1. The first-order chi connectivity index (χ1) is 12.1. The number of benzene rings is 1. The molecular weight excluding hydrogens is 316 g/mol. The van der Waals surface area contributed by atoms with E-state index in [0.717, 1.165) is 50.3 Å². The van der Waals surface area contributed by atoms with Crippen LogP contribution in [0.1, 0.15) is 24.8 Å². The molecule has 0 aliphatic carbocycles. The Morgan fingerprint density at radius 3 is 2.20 bits per heavy atom. The fraction of sp³-hybridized carbons (Fsp3) is 0.579. The first kappa shape index (κ1) is 17.7. The molecule has 0 unspecified atom stereocenters. The fourth-order valence-corrected chi connectivity index (χ4v) is 3.57. The number of rotatable bonds is 5. The molecule has 2 fully saturated rings. The van der Waals surface area contributed by atoms with Crippen LogP contribution < -0.4 is 5.73 Å². The summed E-state index contributed by atoms with van der Waals surface area (Å²) in [6, 6.07) is 7.70. The van der Waals surface area contributed by atoms with Gasteiger partial charge in [0.05, 0.1) is 6.54 Å². The van der Waals surface area contributed by atoms with E-state index in [0.29, 0.717) is 32.5 Å². The quantitative estimate of drug-likeness (QED) is 0.808. The zero-order valence-corrected chi connectivity index (χ0v) is 14.8. The number of nitrogens with two attached hydrogens (primary N) is 1. The zero-order valence-electron chi connectivity index (χ0n) is 14.8. The molecule has 0 atom stereocenters. The molecule has 2 amide bonds. The molecule has 6 heteroatoms. The van der Waals surface area contributed by atoms with E-state index in [1.807, 2.05) is 34.1 Å². The molecule has 0 spiro atoms. The van der Waals surface area contributed by atoms with E-state index in [1.54, 1.807) is 0 Å². The van der Waals surface area contributed by atoms with Gasteiger partial charge in [-0.2, -0.15) is 0 Å². The number of carbonyl (C=O) groups is 2. The fourth-order valence-electron chi connectivity index (χ4n) is 3.57. The van der Waals surface area contributed by atoms with Gasteiger partial charge in [0.25, 0.3) is 0 Å². The Hall–Kier alpha value is -2.08. The molecule has 3 rings (SSSR count). The molecule has 2 saturated heterocycles. The largest absolute Gasteiger partial charge is 0.399 e. The number of nitrogens with zero attached hydrogens (tertiary/aromatic N) is 3. The van der Waals surface area contributed by atoms with Crippen molar-refractivity contribution in [1.82, 2.24) is 14.7 Å². The minimum Gasteiger partial charge on any atom is -0.399 e. The molecule has 6 nitrogen and oxygen atoms in total. The maximum atomic E-state index is 12.4. The third kappa shape index (κ3) is 4.72. The first-order valence-electron chi connectivity index (χ1n) is 9.25. The van der Waals surface area contributed by atoms with Gasteiger partial charge in [-0.15, -0.1) is 0 Å². The number of para-hydroxylation sites is 1. The van der Waals surface area contributed by atoms with Crippen LogP contribution in [0.5, 0.6) is 0 Å². The number of aryl methyl sites for hydroxylation is 1. The van der Waals surface area contributed by atoms with Crippen LogP contribution in [0.3, 0.4) is 0 Å². The van der Waals surface area contributed by atoms with Crippen LogP contribution in [0.2, 0.25) is 0 Å². The number of hydrogen-bond acceptors (Lipinski definition) is 4. The molecule has 0 saturated carbocycles. The number of hydrogen-bond donors (Lipinski definition) is 1. The van der Waals surface area contributed by atoms with Gasteiger partial charge in [-0.1, -0.05) is 18.2 Å². The van der Waals surface area contributed by atoms with Crippen LogP contribution in [0.4, 0.5) is 5.69 Å². The van der Waals surface area contributed by atoms with Gasteiger partial charge < -0.3 is 15.5 Å². The number of piperazine rings is 1. The average Bonchev–Trinajstić information content (AvgIpc) is 3.16. The van der Waals surface area contributed by atoms with Crippen molar-refractivity contribution in [3.8, 4) is 0 Å². The minimum absolute atomic E-state index is 0.175. The molecule has 0 aromatic heterocycles. The Bertz CT molecular complexity index is 605. The van der Waals surface area contributed by atoms with Gasteiger partial charge in [0.2, 0.25) is 11.8 Å². The van der Waals surface area contributed by atoms with Gasteiger partial charge in [-0.3, -0.25) is 14.5 Å². The van der Waals surface area contributed by atoms with Crippen molar-refractivity contribution in [1.29, 1.82) is 0 Å². The lowest BCUT2D eigenvalue weighted by atomic mass is 10.1. The lowest BCUT2D eigenvalue weighted by molar-refractivity contribution is -0.134. The SMILES string of the molecule is Nc1ccccc1CCC(=O)N1CCN(CC(=O)N2CCCC2)CC1. The maximum Gasteiger partial charge on any atom is 0.236 e. The molecule has 1 aromatic rings. The van der Waals surface area contributed by atoms with Crippen molar-refractivity contribution in [3.05, 3.63) is 29.8 Å². The van der Waals surface area contributed by atoms with Crippen molar-refractivity contribution in [3.63, 3.8) is 0 Å². The van der Waals surface area contributed by atoms with E-state index in [9.17, 15) is 9.59 Å². The van der Waals surface area contributed by atoms with Gasteiger partial charge in [0, 0.05) is 51.4 Å². The predicted octanol–water partition coefficient (Wildman–Crippen LogP) is 0.968. The maximum absolute atomic E-state index is 12.4. The van der Waals surface area contributed by atoms with Gasteiger partial charge in [0.15, 0.2) is 0 Å². The summed E-state index contributed by atoms with van der Waals surface area (Å²) in [6.45, 7) is 5.26. The molecule has 2 N–H and O–H groups in total. The van der Waals surface area contributed by atoms with Crippen LogP contribution in [0.15, 0.2) is 24.3 Å². The Morgan fingerprint density at radius 1 is 0.880 bits per heavy atom. The second-order valence-electron chi connectivity index (χ2n) is 6.94. The summed E-state index contributed by atoms with van der Waals surface area (Å²) < 4.78 is 0. The van der Waals surface area contributed by atoms with Gasteiger partial charge in [-0.25, -0.2) is 0 Å². The Kier molecular flexibility index (Phi) is 5.91. The van der Waals surface area contributed by atoms with Gasteiger partial charge >= 0.3 is 0 Å². The molecule has 2 heterocycles. The molecule has 2 aliphatic rings. The molecule has 2 aliphatic heterocycles. The topological polar surface area (TPSA) is 69.9 Å². The highest BCUT2D eigenvalue weighted by atomic mass is 16.2. The van der Waals surface area contributed by atoms with Crippen LogP contribution in [-0.2, 0) is 16.0 Å². The minimum atomic E-state index is 0.175. The highest BCUT2D eigenvalue weighted by Gasteiger charge is 2.25. The van der Waals surface area contributed by atoms with Crippen LogP contribution >= 0.6 is 0 Å². The number of anilines is 1. The van der Waals surface area contributed by atoms with E-state index in [-0.39, 0.29) is 11.8 Å². The van der Waals surface area contributed by atoms with E-state index in [2.05, 4.69) is 4.90 Å². The third-order valence-electron chi connectivity index (χ3n) is 5.21. The summed E-state index contributed by atoms with van der Waals surface area (Å²) in [6.07, 6.45) is 3.42. The molecule has 0 bridgehead atoms. The Labute approximate surface area is 149 Å². The summed E-state index contributed by atoms with van der Waals surface area (Å²) in [5.74, 6) is 0.408. The van der Waals surface area contributed by atoms with Gasteiger partial charge in [-0.05, 0) is 30.9 Å². The molecule has 136 valence electrons. The summed E-state index contributed by atoms with van der Waals surface area (Å²) in [5.41, 5.74) is 7.72. The van der Waals surface area contributed by atoms with Crippen molar-refractivity contribution >= 4 is 17.5 Å². The normalized spacial score (nSPS) is 18.6. The van der Waals surface area contributed by atoms with E-state index in [1.165, 1.54) is 0 Å². The highest BCUT2D eigenvalue weighted by molar-refractivity contribution is 5.79. The van der Waals surface area contributed by atoms with E-state index in [4.69, 9.17) is 5.73 Å². The van der Waals surface area contributed by atoms with E-state index >= 15 is 0 Å². The summed E-state index contributed by atoms with van der Waals surface area (Å²) in [4.78, 5) is 30.7. The lowest BCUT2D eigenvalue weighted by Crippen LogP contribution is -2.51. The zero-order chi connectivity index (χ0) is 17.6. The Balaban J connectivity index is 1.40.